The van der Waals surface area contributed by atoms with Gasteiger partial charge in [-0.3, -0.25) is 9.10 Å². The van der Waals surface area contributed by atoms with Crippen LogP contribution in [0.1, 0.15) is 29.2 Å². The van der Waals surface area contributed by atoms with Crippen molar-refractivity contribution in [3.63, 3.8) is 0 Å². The molecule has 0 atom stereocenters. The number of benzene rings is 3. The van der Waals surface area contributed by atoms with Crippen molar-refractivity contribution in [2.45, 2.75) is 39.0 Å². The predicted molar refractivity (Wildman–Crippen MR) is 126 cm³/mol. The van der Waals surface area contributed by atoms with Crippen molar-refractivity contribution in [2.75, 3.05) is 16.2 Å². The van der Waals surface area contributed by atoms with E-state index in [1.54, 1.807) is 36.4 Å². The average Bonchev–Trinajstić information content (AvgIpc) is 2.74. The third kappa shape index (κ3) is 5.14. The summed E-state index contributed by atoms with van der Waals surface area (Å²) in [4.78, 5) is 13.1. The number of carbonyl (C=O) groups excluding carboxylic acids is 1. The van der Waals surface area contributed by atoms with Gasteiger partial charge >= 0.3 is 0 Å². The molecular formula is C25H28N2O3S. The number of hydrogen-bond donors (Lipinski definition) is 1. The number of para-hydroxylation sites is 1. The molecule has 1 N–H and O–H groups in total. The van der Waals surface area contributed by atoms with Gasteiger partial charge in [-0.05, 0) is 62.6 Å². The number of anilines is 2. The zero-order valence-electron chi connectivity index (χ0n) is 18.3. The lowest BCUT2D eigenvalue weighted by Crippen LogP contribution is -2.38. The Hall–Kier alpha value is -3.12. The molecule has 0 aliphatic carbocycles. The fourth-order valence-electron chi connectivity index (χ4n) is 3.46. The zero-order chi connectivity index (χ0) is 22.6. The van der Waals surface area contributed by atoms with Crippen LogP contribution in [0.5, 0.6) is 0 Å². The number of amides is 1. The summed E-state index contributed by atoms with van der Waals surface area (Å²) in [7, 11) is -3.94. The molecule has 0 aliphatic heterocycles. The Balaban J connectivity index is 1.99. The van der Waals surface area contributed by atoms with Gasteiger partial charge in [-0.1, -0.05) is 60.5 Å². The van der Waals surface area contributed by atoms with Crippen molar-refractivity contribution in [1.82, 2.24) is 0 Å². The van der Waals surface area contributed by atoms with Crippen molar-refractivity contribution < 1.29 is 13.2 Å². The molecule has 0 bridgehead atoms. The van der Waals surface area contributed by atoms with Crippen LogP contribution in [0.4, 0.5) is 11.4 Å². The van der Waals surface area contributed by atoms with Crippen LogP contribution >= 0.6 is 0 Å². The lowest BCUT2D eigenvalue weighted by Gasteiger charge is -2.26. The molecule has 0 aliphatic rings. The Bertz CT molecular complexity index is 1190. The highest BCUT2D eigenvalue weighted by molar-refractivity contribution is 7.92. The zero-order valence-corrected chi connectivity index (χ0v) is 19.2. The molecule has 3 aromatic rings. The maximum atomic E-state index is 13.6. The molecule has 0 unspecified atom stereocenters. The van der Waals surface area contributed by atoms with Crippen molar-refractivity contribution in [2.24, 2.45) is 0 Å². The maximum Gasteiger partial charge on any atom is 0.264 e. The average molecular weight is 437 g/mol. The van der Waals surface area contributed by atoms with E-state index in [1.165, 1.54) is 4.31 Å². The van der Waals surface area contributed by atoms with Crippen molar-refractivity contribution in [3.05, 3.63) is 89.0 Å². The first kappa shape index (κ1) is 22.6. The first-order valence-corrected chi connectivity index (χ1v) is 11.7. The number of sulfonamides is 1. The molecule has 3 aromatic carbocycles. The minimum absolute atomic E-state index is 0.156. The summed E-state index contributed by atoms with van der Waals surface area (Å²) in [5.41, 5.74) is 5.03. The summed E-state index contributed by atoms with van der Waals surface area (Å²) < 4.78 is 28.3. The molecule has 0 aromatic heterocycles. The van der Waals surface area contributed by atoms with E-state index in [-0.39, 0.29) is 11.4 Å². The SMILES string of the molecule is CCc1ccccc1N(CC(=O)Nc1ccc(C)cc1C)S(=O)(=O)c1ccc(C)cc1. The second-order valence-electron chi connectivity index (χ2n) is 7.67. The smallest absolute Gasteiger partial charge is 0.264 e. The van der Waals surface area contributed by atoms with Gasteiger partial charge in [-0.2, -0.15) is 0 Å². The van der Waals surface area contributed by atoms with Crippen LogP contribution in [0.3, 0.4) is 0 Å². The molecule has 0 saturated carbocycles. The summed E-state index contributed by atoms with van der Waals surface area (Å²) >= 11 is 0. The molecule has 31 heavy (non-hydrogen) atoms. The molecule has 0 heterocycles. The van der Waals surface area contributed by atoms with Crippen LogP contribution in [0.2, 0.25) is 0 Å². The lowest BCUT2D eigenvalue weighted by atomic mass is 10.1. The van der Waals surface area contributed by atoms with Crippen LogP contribution in [0, 0.1) is 20.8 Å². The van der Waals surface area contributed by atoms with E-state index >= 15 is 0 Å². The lowest BCUT2D eigenvalue weighted by molar-refractivity contribution is -0.114. The van der Waals surface area contributed by atoms with Gasteiger partial charge in [0.05, 0.1) is 10.6 Å². The first-order chi connectivity index (χ1) is 14.7. The standard InChI is InChI=1S/C25H28N2O3S/c1-5-21-8-6-7-9-24(21)27(31(29,30)22-13-10-18(2)11-14-22)17-25(28)26-23-15-12-19(3)16-20(23)4/h6-16H,5,17H2,1-4H3,(H,26,28). The fraction of sp³-hybridized carbons (Fsp3) is 0.240. The van der Waals surface area contributed by atoms with Crippen molar-refractivity contribution in [3.8, 4) is 0 Å². The minimum Gasteiger partial charge on any atom is -0.324 e. The summed E-state index contributed by atoms with van der Waals surface area (Å²) in [6, 6.07) is 19.7. The van der Waals surface area contributed by atoms with Gasteiger partial charge in [0.15, 0.2) is 0 Å². The van der Waals surface area contributed by atoms with Crippen LogP contribution < -0.4 is 9.62 Å². The Morgan fingerprint density at radius 3 is 2.19 bits per heavy atom. The van der Waals surface area contributed by atoms with Crippen LogP contribution in [-0.4, -0.2) is 20.9 Å². The van der Waals surface area contributed by atoms with Gasteiger partial charge < -0.3 is 5.32 Å². The van der Waals surface area contributed by atoms with Crippen molar-refractivity contribution in [1.29, 1.82) is 0 Å². The Kier molecular flexibility index (Phi) is 6.81. The summed E-state index contributed by atoms with van der Waals surface area (Å²) in [6.45, 7) is 7.44. The molecule has 0 fully saturated rings. The number of nitrogens with one attached hydrogen (secondary N) is 1. The quantitative estimate of drug-likeness (QED) is 0.566. The molecule has 162 valence electrons. The van der Waals surface area contributed by atoms with Gasteiger partial charge in [0.2, 0.25) is 5.91 Å². The van der Waals surface area contributed by atoms with Gasteiger partial charge in [0, 0.05) is 5.69 Å². The van der Waals surface area contributed by atoms with Crippen LogP contribution in [-0.2, 0) is 21.2 Å². The molecule has 5 nitrogen and oxygen atoms in total. The highest BCUT2D eigenvalue weighted by Crippen LogP contribution is 2.28. The highest BCUT2D eigenvalue weighted by Gasteiger charge is 2.28. The molecule has 3 rings (SSSR count). The van der Waals surface area contributed by atoms with E-state index in [0.29, 0.717) is 17.8 Å². The largest absolute Gasteiger partial charge is 0.324 e. The normalized spacial score (nSPS) is 11.2. The van der Waals surface area contributed by atoms with E-state index in [4.69, 9.17) is 0 Å². The molecule has 0 saturated heterocycles. The minimum atomic E-state index is -3.94. The van der Waals surface area contributed by atoms with E-state index in [1.807, 2.05) is 58.0 Å². The molecular weight excluding hydrogens is 408 g/mol. The van der Waals surface area contributed by atoms with E-state index in [0.717, 1.165) is 22.3 Å². The molecule has 0 radical (unpaired) electrons. The Labute approximate surface area is 184 Å². The fourth-order valence-corrected chi connectivity index (χ4v) is 4.92. The topological polar surface area (TPSA) is 66.5 Å². The molecule has 1 amide bonds. The summed E-state index contributed by atoms with van der Waals surface area (Å²) in [5.74, 6) is -0.395. The van der Waals surface area contributed by atoms with Gasteiger partial charge in [-0.25, -0.2) is 8.42 Å². The maximum absolute atomic E-state index is 13.6. The third-order valence-electron chi connectivity index (χ3n) is 5.19. The summed E-state index contributed by atoms with van der Waals surface area (Å²) in [6.07, 6.45) is 0.648. The van der Waals surface area contributed by atoms with E-state index in [2.05, 4.69) is 5.32 Å². The van der Waals surface area contributed by atoms with Crippen molar-refractivity contribution >= 4 is 27.3 Å². The van der Waals surface area contributed by atoms with Crippen LogP contribution in [0.15, 0.2) is 71.6 Å². The molecule has 0 spiro atoms. The van der Waals surface area contributed by atoms with Gasteiger partial charge in [0.25, 0.3) is 10.0 Å². The van der Waals surface area contributed by atoms with E-state index < -0.39 is 15.9 Å². The van der Waals surface area contributed by atoms with E-state index in [9.17, 15) is 13.2 Å². The molecule has 6 heteroatoms. The second kappa shape index (κ2) is 9.35. The van der Waals surface area contributed by atoms with Crippen LogP contribution in [0.25, 0.3) is 0 Å². The number of carbonyl (C=O) groups is 1. The Morgan fingerprint density at radius 2 is 1.55 bits per heavy atom. The third-order valence-corrected chi connectivity index (χ3v) is 6.97. The first-order valence-electron chi connectivity index (χ1n) is 10.3. The monoisotopic (exact) mass is 436 g/mol. The van der Waals surface area contributed by atoms with Gasteiger partial charge in [0.1, 0.15) is 6.54 Å². The number of hydrogen-bond acceptors (Lipinski definition) is 3. The number of aryl methyl sites for hydroxylation is 4. The Morgan fingerprint density at radius 1 is 0.903 bits per heavy atom. The number of nitrogens with zero attached hydrogens (tertiary/aromatic N) is 1. The summed E-state index contributed by atoms with van der Waals surface area (Å²) in [5, 5.41) is 2.86. The predicted octanol–water partition coefficient (Wildman–Crippen LogP) is 5.01. The van der Waals surface area contributed by atoms with Gasteiger partial charge in [-0.15, -0.1) is 0 Å². The highest BCUT2D eigenvalue weighted by atomic mass is 32.2. The number of rotatable bonds is 7. The second-order valence-corrected chi connectivity index (χ2v) is 9.54.